The number of pyridine rings is 3. The molecule has 132 valence electrons. The first kappa shape index (κ1) is 17.6. The Labute approximate surface area is 154 Å². The molecule has 0 fully saturated rings. The molecule has 3 aromatic heterocycles. The molecule has 5 nitrogen and oxygen atoms in total. The van der Waals surface area contributed by atoms with Gasteiger partial charge in [-0.05, 0) is 36.4 Å². The zero-order valence-corrected chi connectivity index (χ0v) is 14.9. The summed E-state index contributed by atoms with van der Waals surface area (Å²) in [5.41, 5.74) is 11.3. The topological polar surface area (TPSA) is 67.9 Å². The summed E-state index contributed by atoms with van der Waals surface area (Å²) < 4.78 is 0. The van der Waals surface area contributed by atoms with Crippen LogP contribution in [0.1, 0.15) is 17.1 Å². The normalized spacial score (nSPS) is 11.7. The maximum atomic E-state index is 6.50. The van der Waals surface area contributed by atoms with E-state index in [1.54, 1.807) is 12.4 Å². The van der Waals surface area contributed by atoms with Gasteiger partial charge in [0.2, 0.25) is 0 Å². The Morgan fingerprint density at radius 2 is 1.27 bits per heavy atom. The van der Waals surface area contributed by atoms with E-state index in [0.717, 1.165) is 28.5 Å². The first-order valence-corrected chi connectivity index (χ1v) is 8.60. The van der Waals surface area contributed by atoms with E-state index in [4.69, 9.17) is 5.73 Å². The summed E-state index contributed by atoms with van der Waals surface area (Å²) in [6.45, 7) is 0.686. The Morgan fingerprint density at radius 3 is 1.77 bits per heavy atom. The van der Waals surface area contributed by atoms with E-state index >= 15 is 0 Å². The molecular formula is C21H23N5. The zero-order chi connectivity index (χ0) is 18.2. The lowest BCUT2D eigenvalue weighted by molar-refractivity contribution is 0.388. The Morgan fingerprint density at radius 1 is 0.769 bits per heavy atom. The summed E-state index contributed by atoms with van der Waals surface area (Å²) in [5.74, 6) is 0. The molecule has 26 heavy (non-hydrogen) atoms. The third-order valence-electron chi connectivity index (χ3n) is 4.13. The van der Waals surface area contributed by atoms with Crippen molar-refractivity contribution in [1.29, 1.82) is 0 Å². The van der Waals surface area contributed by atoms with Gasteiger partial charge in [-0.25, -0.2) is 0 Å². The van der Waals surface area contributed by atoms with E-state index in [-0.39, 0.29) is 0 Å². The van der Waals surface area contributed by atoms with Crippen LogP contribution in [-0.4, -0.2) is 26.9 Å². The van der Waals surface area contributed by atoms with Crippen molar-refractivity contribution in [2.45, 2.75) is 19.4 Å². The van der Waals surface area contributed by atoms with Crippen molar-refractivity contribution in [2.75, 3.05) is 7.05 Å². The summed E-state index contributed by atoms with van der Waals surface area (Å²) in [6.07, 6.45) is 6.68. The van der Waals surface area contributed by atoms with Crippen LogP contribution in [0.3, 0.4) is 0 Å². The van der Waals surface area contributed by atoms with Crippen LogP contribution in [0.4, 0.5) is 0 Å². The predicted molar refractivity (Wildman–Crippen MR) is 103 cm³/mol. The molecule has 3 rings (SSSR count). The molecule has 0 atom stereocenters. The Hall–Kier alpha value is -3.21. The van der Waals surface area contributed by atoms with Crippen LogP contribution in [0.2, 0.25) is 0 Å². The van der Waals surface area contributed by atoms with Crippen molar-refractivity contribution in [3.05, 3.63) is 102 Å². The van der Waals surface area contributed by atoms with Gasteiger partial charge in [-0.2, -0.15) is 0 Å². The first-order valence-electron chi connectivity index (χ1n) is 8.60. The smallest absolute Gasteiger partial charge is 0.0596 e. The highest BCUT2D eigenvalue weighted by Gasteiger charge is 2.13. The minimum absolute atomic E-state index is 0.607. The van der Waals surface area contributed by atoms with Gasteiger partial charge in [-0.15, -0.1) is 0 Å². The molecule has 2 N–H and O–H groups in total. The van der Waals surface area contributed by atoms with Gasteiger partial charge in [0.25, 0.3) is 0 Å². The van der Waals surface area contributed by atoms with Gasteiger partial charge in [0.15, 0.2) is 0 Å². The molecule has 0 bridgehead atoms. The summed E-state index contributed by atoms with van der Waals surface area (Å²) >= 11 is 0. The number of hydrogen-bond acceptors (Lipinski definition) is 5. The third kappa shape index (κ3) is 4.89. The van der Waals surface area contributed by atoms with Crippen molar-refractivity contribution in [2.24, 2.45) is 5.73 Å². The molecule has 0 aliphatic carbocycles. The van der Waals surface area contributed by atoms with Gasteiger partial charge in [0.1, 0.15) is 0 Å². The number of hydrogen-bond donors (Lipinski definition) is 1. The monoisotopic (exact) mass is 345 g/mol. The molecule has 0 spiro atoms. The Balaban J connectivity index is 1.86. The van der Waals surface area contributed by atoms with E-state index in [1.807, 2.05) is 67.8 Å². The van der Waals surface area contributed by atoms with Crippen LogP contribution in [-0.2, 0) is 19.4 Å². The van der Waals surface area contributed by atoms with Crippen molar-refractivity contribution in [3.63, 3.8) is 0 Å². The minimum atomic E-state index is 0.607. The third-order valence-corrected chi connectivity index (χ3v) is 4.13. The van der Waals surface area contributed by atoms with Crippen LogP contribution in [0.25, 0.3) is 0 Å². The van der Waals surface area contributed by atoms with Gasteiger partial charge in [-0.3, -0.25) is 15.0 Å². The SMILES string of the molecule is CN(Cc1ccccn1)/C(Cc1ccccn1)=C(/N)Cc1ccccn1. The molecule has 0 unspecified atom stereocenters. The first-order chi connectivity index (χ1) is 12.7. The lowest BCUT2D eigenvalue weighted by atomic mass is 10.1. The lowest BCUT2D eigenvalue weighted by Gasteiger charge is -2.24. The Bertz CT molecular complexity index is 832. The number of rotatable bonds is 7. The molecule has 3 aromatic rings. The van der Waals surface area contributed by atoms with E-state index in [2.05, 4.69) is 19.9 Å². The molecule has 0 amide bonds. The molecule has 5 heteroatoms. The summed E-state index contributed by atoms with van der Waals surface area (Å²) in [4.78, 5) is 15.4. The fraction of sp³-hybridized carbons (Fsp3) is 0.190. The lowest BCUT2D eigenvalue weighted by Crippen LogP contribution is -2.24. The molecule has 0 radical (unpaired) electrons. The molecule has 0 aliphatic heterocycles. The van der Waals surface area contributed by atoms with Crippen LogP contribution >= 0.6 is 0 Å². The zero-order valence-electron chi connectivity index (χ0n) is 14.9. The summed E-state index contributed by atoms with van der Waals surface area (Å²) in [6, 6.07) is 17.7. The van der Waals surface area contributed by atoms with Crippen LogP contribution in [0, 0.1) is 0 Å². The quantitative estimate of drug-likeness (QED) is 0.713. The van der Waals surface area contributed by atoms with Crippen molar-refractivity contribution >= 4 is 0 Å². The molecule has 0 saturated heterocycles. The Kier molecular flexibility index (Phi) is 5.93. The van der Waals surface area contributed by atoms with E-state index in [1.165, 1.54) is 0 Å². The van der Waals surface area contributed by atoms with Gasteiger partial charge in [-0.1, -0.05) is 18.2 Å². The van der Waals surface area contributed by atoms with Gasteiger partial charge >= 0.3 is 0 Å². The van der Waals surface area contributed by atoms with Crippen LogP contribution in [0.5, 0.6) is 0 Å². The maximum Gasteiger partial charge on any atom is 0.0596 e. The van der Waals surface area contributed by atoms with Crippen molar-refractivity contribution in [1.82, 2.24) is 19.9 Å². The van der Waals surface area contributed by atoms with Crippen molar-refractivity contribution < 1.29 is 0 Å². The second kappa shape index (κ2) is 8.76. The van der Waals surface area contributed by atoms with Gasteiger partial charge < -0.3 is 10.6 Å². The number of aromatic nitrogens is 3. The minimum Gasteiger partial charge on any atom is -0.400 e. The molecule has 3 heterocycles. The number of nitrogens with two attached hydrogens (primary N) is 1. The highest BCUT2D eigenvalue weighted by Crippen LogP contribution is 2.16. The largest absolute Gasteiger partial charge is 0.400 e. The summed E-state index contributed by atoms with van der Waals surface area (Å²) in [7, 11) is 2.04. The highest BCUT2D eigenvalue weighted by atomic mass is 15.1. The van der Waals surface area contributed by atoms with Crippen LogP contribution in [0.15, 0.2) is 84.6 Å². The van der Waals surface area contributed by atoms with Crippen molar-refractivity contribution in [3.8, 4) is 0 Å². The average Bonchev–Trinajstić information content (AvgIpc) is 2.68. The second-order valence-corrected chi connectivity index (χ2v) is 6.14. The maximum absolute atomic E-state index is 6.50. The fourth-order valence-corrected chi connectivity index (χ4v) is 2.80. The fourth-order valence-electron chi connectivity index (χ4n) is 2.80. The number of nitrogens with zero attached hydrogens (tertiary/aromatic N) is 4. The molecular weight excluding hydrogens is 322 g/mol. The molecule has 0 saturated carbocycles. The highest BCUT2D eigenvalue weighted by molar-refractivity contribution is 5.23. The molecule has 0 aromatic carbocycles. The van der Waals surface area contributed by atoms with Gasteiger partial charge in [0.05, 0.1) is 12.2 Å². The second-order valence-electron chi connectivity index (χ2n) is 6.14. The average molecular weight is 345 g/mol. The van der Waals surface area contributed by atoms with Crippen LogP contribution < -0.4 is 5.73 Å². The molecule has 0 aliphatic rings. The summed E-state index contributed by atoms with van der Waals surface area (Å²) in [5, 5.41) is 0. The number of allylic oxidation sites excluding steroid dienone is 2. The predicted octanol–water partition coefficient (Wildman–Crippen LogP) is 2.96. The van der Waals surface area contributed by atoms with E-state index < -0.39 is 0 Å². The van der Waals surface area contributed by atoms with E-state index in [9.17, 15) is 0 Å². The standard InChI is InChI=1S/C21H23N5/c1-26(16-19-10-4-7-13-25-19)21(15-18-9-3-6-12-24-18)20(22)14-17-8-2-5-11-23-17/h2-13H,14-16,22H2,1H3/b21-20+. The van der Waals surface area contributed by atoms with E-state index in [0.29, 0.717) is 19.4 Å². The number of likely N-dealkylation sites (N-methyl/N-ethyl adjacent to an activating group) is 1. The van der Waals surface area contributed by atoms with Gasteiger partial charge in [0, 0.05) is 61.3 Å².